The number of esters is 1. The van der Waals surface area contributed by atoms with Gasteiger partial charge in [-0.15, -0.1) is 0 Å². The molecule has 0 aliphatic rings. The molecule has 0 unspecified atom stereocenters. The maximum Gasteiger partial charge on any atom is 0.416 e. The van der Waals surface area contributed by atoms with E-state index in [1.807, 2.05) is 5.32 Å². The number of nitrogens with one attached hydrogen (secondary N) is 1. The maximum atomic E-state index is 12.8. The first-order valence-electron chi connectivity index (χ1n) is 7.61. The number of ether oxygens (including phenoxy) is 1. The molecule has 0 aromatic heterocycles. The lowest BCUT2D eigenvalue weighted by Gasteiger charge is -2.16. The van der Waals surface area contributed by atoms with Crippen molar-refractivity contribution in [2.45, 2.75) is 37.7 Å². The third kappa shape index (κ3) is 7.08. The van der Waals surface area contributed by atoms with E-state index in [2.05, 4.69) is 4.74 Å². The Morgan fingerprint density at radius 3 is 1.93 bits per heavy atom. The molecule has 0 radical (unpaired) electrons. The van der Waals surface area contributed by atoms with Crippen LogP contribution in [0, 0.1) is 0 Å². The Labute approximate surface area is 154 Å². The second-order valence-corrected chi connectivity index (χ2v) is 5.66. The molecule has 1 atom stereocenters. The molecule has 0 spiro atoms. The normalized spacial score (nSPS) is 13.0. The van der Waals surface area contributed by atoms with Gasteiger partial charge < -0.3 is 15.2 Å². The lowest BCUT2D eigenvalue weighted by molar-refractivity contribution is -0.144. The van der Waals surface area contributed by atoms with Crippen LogP contribution in [0.5, 0.6) is 0 Å². The molecule has 1 amide bonds. The first kappa shape index (κ1) is 23.2. The molecule has 0 aliphatic heterocycles. The van der Waals surface area contributed by atoms with E-state index >= 15 is 0 Å². The van der Waals surface area contributed by atoms with Crippen LogP contribution in [-0.4, -0.2) is 36.1 Å². The number of hydrogen-bond donors (Lipinski definition) is 2. The van der Waals surface area contributed by atoms with Crippen LogP contribution in [-0.2, 0) is 37.9 Å². The van der Waals surface area contributed by atoms with Gasteiger partial charge in [0.2, 0.25) is 5.91 Å². The van der Waals surface area contributed by atoms with E-state index in [0.29, 0.717) is 12.1 Å². The molecule has 12 heteroatoms. The highest BCUT2D eigenvalue weighted by Crippen LogP contribution is 2.36. The molecule has 0 heterocycles. The summed E-state index contributed by atoms with van der Waals surface area (Å²) in [4.78, 5) is 34.0. The number of benzene rings is 1. The van der Waals surface area contributed by atoms with Gasteiger partial charge in [0.05, 0.1) is 24.7 Å². The number of amides is 1. The number of carbonyl (C=O) groups excluding carboxylic acids is 2. The minimum absolute atomic E-state index is 0.0855. The first-order chi connectivity index (χ1) is 12.7. The van der Waals surface area contributed by atoms with Crippen LogP contribution in [0.25, 0.3) is 0 Å². The second-order valence-electron chi connectivity index (χ2n) is 5.66. The summed E-state index contributed by atoms with van der Waals surface area (Å²) in [6.45, 7) is 0. The molecule has 1 aromatic rings. The average molecular weight is 415 g/mol. The summed E-state index contributed by atoms with van der Waals surface area (Å²) in [7, 11) is 1.06. The lowest BCUT2D eigenvalue weighted by Crippen LogP contribution is -2.41. The summed E-state index contributed by atoms with van der Waals surface area (Å²) in [5, 5.41) is 11.0. The maximum absolute atomic E-state index is 12.8. The summed E-state index contributed by atoms with van der Waals surface area (Å²) >= 11 is 0. The monoisotopic (exact) mass is 415 g/mol. The molecular weight excluding hydrogens is 400 g/mol. The van der Waals surface area contributed by atoms with Crippen LogP contribution in [0.3, 0.4) is 0 Å². The Morgan fingerprint density at radius 1 is 1.04 bits per heavy atom. The van der Waals surface area contributed by atoms with E-state index in [1.54, 1.807) is 0 Å². The fraction of sp³-hybridized carbons (Fsp3) is 0.438. The molecule has 0 fully saturated rings. The molecule has 6 nitrogen and oxygen atoms in total. The standard InChI is InChI=1S/C16H15F6NO5/c1-28-13(25)3-2-11(14(26)27)23-12(24)6-8-4-9(15(17,18)19)7-10(5-8)16(20,21)22/h4-5,7,11H,2-3,6H2,1H3,(H,23,24)(H,26,27)/t11-/m0/s1. The van der Waals surface area contributed by atoms with Gasteiger partial charge in [0.1, 0.15) is 6.04 Å². The molecule has 1 aromatic carbocycles. The summed E-state index contributed by atoms with van der Waals surface area (Å²) in [5.41, 5.74) is -3.78. The molecule has 0 saturated carbocycles. The van der Waals surface area contributed by atoms with Crippen LogP contribution < -0.4 is 5.32 Å². The highest BCUT2D eigenvalue weighted by molar-refractivity contribution is 5.85. The van der Waals surface area contributed by atoms with Crippen LogP contribution >= 0.6 is 0 Å². The Bertz CT molecular complexity index is 712. The topological polar surface area (TPSA) is 92.7 Å². The van der Waals surface area contributed by atoms with Crippen molar-refractivity contribution >= 4 is 17.8 Å². The van der Waals surface area contributed by atoms with Crippen molar-refractivity contribution in [1.82, 2.24) is 5.32 Å². The molecule has 2 N–H and O–H groups in total. The van der Waals surface area contributed by atoms with E-state index in [-0.39, 0.29) is 18.9 Å². The van der Waals surface area contributed by atoms with Gasteiger partial charge in [-0.05, 0) is 30.2 Å². The summed E-state index contributed by atoms with van der Waals surface area (Å²) < 4.78 is 81.2. The summed E-state index contributed by atoms with van der Waals surface area (Å²) in [5.74, 6) is -3.41. The van der Waals surface area contributed by atoms with Crippen molar-refractivity contribution in [3.05, 3.63) is 34.9 Å². The molecule has 1 rings (SSSR count). The smallest absolute Gasteiger partial charge is 0.416 e. The van der Waals surface area contributed by atoms with Crippen molar-refractivity contribution in [3.8, 4) is 0 Å². The lowest BCUT2D eigenvalue weighted by atomic mass is 10.0. The Balaban J connectivity index is 3.00. The van der Waals surface area contributed by atoms with E-state index in [9.17, 15) is 40.7 Å². The average Bonchev–Trinajstić information content (AvgIpc) is 2.56. The fourth-order valence-corrected chi connectivity index (χ4v) is 2.17. The number of carboxylic acid groups (broad SMARTS) is 1. The number of alkyl halides is 6. The Morgan fingerprint density at radius 2 is 1.54 bits per heavy atom. The fourth-order valence-electron chi connectivity index (χ4n) is 2.17. The summed E-state index contributed by atoms with van der Waals surface area (Å²) in [6, 6.07) is -0.907. The molecule has 156 valence electrons. The van der Waals surface area contributed by atoms with E-state index < -0.39 is 59.4 Å². The molecular formula is C16H15F6NO5. The third-order valence-corrected chi connectivity index (χ3v) is 3.51. The number of hydrogen-bond acceptors (Lipinski definition) is 4. The van der Waals surface area contributed by atoms with Gasteiger partial charge in [0.25, 0.3) is 0 Å². The van der Waals surface area contributed by atoms with Crippen molar-refractivity contribution in [2.75, 3.05) is 7.11 Å². The quantitative estimate of drug-likeness (QED) is 0.528. The second kappa shape index (κ2) is 8.93. The Kier molecular flexibility index (Phi) is 7.42. The number of rotatable bonds is 7. The zero-order valence-electron chi connectivity index (χ0n) is 14.3. The molecule has 0 bridgehead atoms. The number of aliphatic carboxylic acids is 1. The predicted molar refractivity (Wildman–Crippen MR) is 81.0 cm³/mol. The van der Waals surface area contributed by atoms with Crippen LogP contribution in [0.1, 0.15) is 29.5 Å². The van der Waals surface area contributed by atoms with Crippen molar-refractivity contribution < 1.29 is 50.6 Å². The van der Waals surface area contributed by atoms with Crippen molar-refractivity contribution in [1.29, 1.82) is 0 Å². The minimum atomic E-state index is -5.07. The number of methoxy groups -OCH3 is 1. The third-order valence-electron chi connectivity index (χ3n) is 3.51. The zero-order valence-corrected chi connectivity index (χ0v) is 14.3. The largest absolute Gasteiger partial charge is 0.480 e. The first-order valence-corrected chi connectivity index (χ1v) is 7.61. The van der Waals surface area contributed by atoms with Gasteiger partial charge in [-0.25, -0.2) is 4.79 Å². The van der Waals surface area contributed by atoms with Crippen molar-refractivity contribution in [3.63, 3.8) is 0 Å². The molecule has 28 heavy (non-hydrogen) atoms. The van der Waals surface area contributed by atoms with Gasteiger partial charge in [0.15, 0.2) is 0 Å². The van der Waals surface area contributed by atoms with Crippen LogP contribution in [0.4, 0.5) is 26.3 Å². The number of halogens is 6. The van der Waals surface area contributed by atoms with Crippen LogP contribution in [0.2, 0.25) is 0 Å². The van der Waals surface area contributed by atoms with E-state index in [0.717, 1.165) is 7.11 Å². The minimum Gasteiger partial charge on any atom is -0.480 e. The van der Waals surface area contributed by atoms with Gasteiger partial charge >= 0.3 is 24.3 Å². The highest BCUT2D eigenvalue weighted by atomic mass is 19.4. The van der Waals surface area contributed by atoms with Gasteiger partial charge in [-0.2, -0.15) is 26.3 Å². The van der Waals surface area contributed by atoms with E-state index in [4.69, 9.17) is 5.11 Å². The van der Waals surface area contributed by atoms with E-state index in [1.165, 1.54) is 0 Å². The predicted octanol–water partition coefficient (Wildman–Crippen LogP) is 2.79. The molecule has 0 saturated heterocycles. The highest BCUT2D eigenvalue weighted by Gasteiger charge is 2.37. The SMILES string of the molecule is COC(=O)CC[C@H](NC(=O)Cc1cc(C(F)(F)F)cc(C(F)(F)F)c1)C(=O)O. The zero-order chi connectivity index (χ0) is 21.7. The summed E-state index contributed by atoms with van der Waals surface area (Å²) in [6.07, 6.45) is -11.8. The van der Waals surface area contributed by atoms with Gasteiger partial charge in [-0.3, -0.25) is 9.59 Å². The molecule has 0 aliphatic carbocycles. The van der Waals surface area contributed by atoms with Crippen LogP contribution in [0.15, 0.2) is 18.2 Å². The van der Waals surface area contributed by atoms with Gasteiger partial charge in [-0.1, -0.05) is 0 Å². The van der Waals surface area contributed by atoms with Crippen molar-refractivity contribution in [2.24, 2.45) is 0 Å². The Hall–Kier alpha value is -2.79. The van der Waals surface area contributed by atoms with Gasteiger partial charge in [0, 0.05) is 6.42 Å². The number of carboxylic acids is 1. The number of carbonyl (C=O) groups is 3.